The van der Waals surface area contributed by atoms with E-state index in [0.717, 1.165) is 5.69 Å². The maximum Gasteiger partial charge on any atom is 0.251 e. The van der Waals surface area contributed by atoms with Gasteiger partial charge in [0.2, 0.25) is 0 Å². The molecule has 0 bridgehead atoms. The molecule has 5 heteroatoms. The fourth-order valence-corrected chi connectivity index (χ4v) is 1.69. The first-order valence-electron chi connectivity index (χ1n) is 6.62. The average molecular weight is 299 g/mol. The van der Waals surface area contributed by atoms with Gasteiger partial charge >= 0.3 is 0 Å². The van der Waals surface area contributed by atoms with Crippen LogP contribution >= 0.6 is 11.6 Å². The summed E-state index contributed by atoms with van der Waals surface area (Å²) in [5.41, 5.74) is 0.294. The fourth-order valence-electron chi connectivity index (χ4n) is 1.48. The number of halogens is 1. The van der Waals surface area contributed by atoms with E-state index in [-0.39, 0.29) is 16.5 Å². The van der Waals surface area contributed by atoms with Crippen LogP contribution in [0.3, 0.4) is 0 Å². The molecule has 0 saturated carbocycles. The van der Waals surface area contributed by atoms with Gasteiger partial charge in [0.25, 0.3) is 5.91 Å². The van der Waals surface area contributed by atoms with Crippen molar-refractivity contribution in [1.82, 2.24) is 10.3 Å². The lowest BCUT2D eigenvalue weighted by atomic mass is 9.90. The molecule has 2 N–H and O–H groups in total. The first-order valence-corrected chi connectivity index (χ1v) is 7.00. The third kappa shape index (κ3) is 4.18. The highest BCUT2D eigenvalue weighted by Crippen LogP contribution is 2.23. The minimum absolute atomic E-state index is 0.195. The fraction of sp³-hybridized carbons (Fsp3) is 0.600. The number of aliphatic hydroxyl groups is 1. The number of nitrogens with zero attached hydrogens (tertiary/aromatic N) is 1. The quantitative estimate of drug-likeness (QED) is 0.844. The van der Waals surface area contributed by atoms with Crippen LogP contribution in [0.25, 0.3) is 0 Å². The number of nitrogens with one attached hydrogen (secondary N) is 1. The minimum Gasteiger partial charge on any atom is -0.391 e. The van der Waals surface area contributed by atoms with Crippen molar-refractivity contribution in [3.05, 3.63) is 28.5 Å². The van der Waals surface area contributed by atoms with Gasteiger partial charge in [-0.05, 0) is 32.9 Å². The summed E-state index contributed by atoms with van der Waals surface area (Å²) in [6.45, 7) is 11.2. The van der Waals surface area contributed by atoms with Crippen LogP contribution in [0, 0.1) is 0 Å². The van der Waals surface area contributed by atoms with Crippen molar-refractivity contribution >= 4 is 17.5 Å². The summed E-state index contributed by atoms with van der Waals surface area (Å²) in [6.07, 6.45) is -0.661. The van der Waals surface area contributed by atoms with Crippen molar-refractivity contribution in [3.8, 4) is 0 Å². The van der Waals surface area contributed by atoms with Crippen LogP contribution in [0.2, 0.25) is 5.15 Å². The molecule has 112 valence electrons. The van der Waals surface area contributed by atoms with E-state index >= 15 is 0 Å². The van der Waals surface area contributed by atoms with E-state index in [1.807, 2.05) is 20.8 Å². The number of aliphatic hydroxyl groups excluding tert-OH is 1. The van der Waals surface area contributed by atoms with Crippen LogP contribution in [0.15, 0.2) is 12.1 Å². The Hall–Kier alpha value is -1.13. The van der Waals surface area contributed by atoms with Crippen molar-refractivity contribution in [2.24, 2.45) is 0 Å². The van der Waals surface area contributed by atoms with E-state index in [9.17, 15) is 9.90 Å². The highest BCUT2D eigenvalue weighted by atomic mass is 35.5. The Kier molecular flexibility index (Phi) is 4.82. The maximum atomic E-state index is 12.3. The zero-order valence-electron chi connectivity index (χ0n) is 12.9. The molecule has 1 atom stereocenters. The van der Waals surface area contributed by atoms with Gasteiger partial charge in [-0.2, -0.15) is 0 Å². The molecule has 0 aliphatic rings. The SMILES string of the molecule is CC(O)C(C)(C)NC(=O)c1cc(Cl)nc(C(C)(C)C)c1. The molecule has 4 nitrogen and oxygen atoms in total. The molecule has 1 unspecified atom stereocenters. The summed E-state index contributed by atoms with van der Waals surface area (Å²) in [6, 6.07) is 3.27. The number of hydrogen-bond acceptors (Lipinski definition) is 3. The lowest BCUT2D eigenvalue weighted by molar-refractivity contribution is 0.0709. The van der Waals surface area contributed by atoms with Gasteiger partial charge in [0, 0.05) is 16.7 Å². The maximum absolute atomic E-state index is 12.3. The van der Waals surface area contributed by atoms with Crippen LogP contribution in [-0.4, -0.2) is 27.6 Å². The number of carbonyl (C=O) groups is 1. The average Bonchev–Trinajstić information content (AvgIpc) is 2.26. The van der Waals surface area contributed by atoms with E-state index in [0.29, 0.717) is 5.56 Å². The molecule has 0 aliphatic heterocycles. The van der Waals surface area contributed by atoms with Gasteiger partial charge in [-0.3, -0.25) is 4.79 Å². The summed E-state index contributed by atoms with van der Waals surface area (Å²) >= 11 is 5.99. The lowest BCUT2D eigenvalue weighted by Crippen LogP contribution is -2.51. The first kappa shape index (κ1) is 16.9. The van der Waals surface area contributed by atoms with Crippen molar-refractivity contribution < 1.29 is 9.90 Å². The van der Waals surface area contributed by atoms with Crippen LogP contribution in [0.4, 0.5) is 0 Å². The molecule has 0 fully saturated rings. The Labute approximate surface area is 125 Å². The van der Waals surface area contributed by atoms with Gasteiger partial charge in [0.15, 0.2) is 0 Å². The Bertz CT molecular complexity index is 505. The molecule has 0 spiro atoms. The van der Waals surface area contributed by atoms with Crippen molar-refractivity contribution in [3.63, 3.8) is 0 Å². The molecule has 0 saturated heterocycles. The second-order valence-corrected chi connectivity index (χ2v) is 7.05. The smallest absolute Gasteiger partial charge is 0.251 e. The molecule has 1 heterocycles. The Morgan fingerprint density at radius 1 is 1.30 bits per heavy atom. The molecule has 0 aromatic carbocycles. The largest absolute Gasteiger partial charge is 0.391 e. The van der Waals surface area contributed by atoms with E-state index in [4.69, 9.17) is 11.6 Å². The second-order valence-electron chi connectivity index (χ2n) is 6.67. The molecule has 0 radical (unpaired) electrons. The van der Waals surface area contributed by atoms with Crippen LogP contribution < -0.4 is 5.32 Å². The number of rotatable bonds is 3. The predicted octanol–water partition coefficient (Wildman–Crippen LogP) is 2.92. The minimum atomic E-state index is -0.714. The summed E-state index contributed by atoms with van der Waals surface area (Å²) in [7, 11) is 0. The molecular weight excluding hydrogens is 276 g/mol. The van der Waals surface area contributed by atoms with Gasteiger partial charge in [-0.15, -0.1) is 0 Å². The molecule has 20 heavy (non-hydrogen) atoms. The van der Waals surface area contributed by atoms with Crippen LogP contribution in [0.1, 0.15) is 57.6 Å². The molecule has 1 aromatic heterocycles. The van der Waals surface area contributed by atoms with Gasteiger partial charge in [0.1, 0.15) is 5.15 Å². The summed E-state index contributed by atoms with van der Waals surface area (Å²) < 4.78 is 0. The van der Waals surface area contributed by atoms with Gasteiger partial charge in [-0.25, -0.2) is 4.98 Å². The molecular formula is C15H23ClN2O2. The second kappa shape index (κ2) is 5.70. The number of aromatic nitrogens is 1. The summed E-state index contributed by atoms with van der Waals surface area (Å²) in [4.78, 5) is 16.5. The Morgan fingerprint density at radius 3 is 2.30 bits per heavy atom. The monoisotopic (exact) mass is 298 g/mol. The Morgan fingerprint density at radius 2 is 1.85 bits per heavy atom. The van der Waals surface area contributed by atoms with Crippen molar-refractivity contribution in [1.29, 1.82) is 0 Å². The highest BCUT2D eigenvalue weighted by Gasteiger charge is 2.27. The van der Waals surface area contributed by atoms with Crippen LogP contribution in [0.5, 0.6) is 0 Å². The van der Waals surface area contributed by atoms with Crippen molar-refractivity contribution in [2.45, 2.75) is 58.6 Å². The standard InChI is InChI=1S/C15H23ClN2O2/c1-9(19)15(5,6)18-13(20)10-7-11(14(2,3)4)17-12(16)8-10/h7-9,19H,1-6H3,(H,18,20). The number of amides is 1. The zero-order valence-corrected chi connectivity index (χ0v) is 13.7. The number of hydrogen-bond donors (Lipinski definition) is 2. The summed E-state index contributed by atoms with van der Waals surface area (Å²) in [5.74, 6) is -0.272. The summed E-state index contributed by atoms with van der Waals surface area (Å²) in [5, 5.41) is 12.8. The molecule has 1 aromatic rings. The predicted molar refractivity (Wildman–Crippen MR) is 81.2 cm³/mol. The Balaban J connectivity index is 3.09. The van der Waals surface area contributed by atoms with E-state index in [1.54, 1.807) is 26.8 Å². The third-order valence-corrected chi connectivity index (χ3v) is 3.50. The number of carbonyl (C=O) groups excluding carboxylic acids is 1. The van der Waals surface area contributed by atoms with Gasteiger partial charge < -0.3 is 10.4 Å². The lowest BCUT2D eigenvalue weighted by Gasteiger charge is -2.29. The molecule has 1 rings (SSSR count). The van der Waals surface area contributed by atoms with Crippen LogP contribution in [-0.2, 0) is 5.41 Å². The van der Waals surface area contributed by atoms with Gasteiger partial charge in [-0.1, -0.05) is 32.4 Å². The molecule has 1 amide bonds. The third-order valence-electron chi connectivity index (χ3n) is 3.30. The normalized spacial score (nSPS) is 14.0. The van der Waals surface area contributed by atoms with E-state index in [2.05, 4.69) is 10.3 Å². The number of pyridine rings is 1. The van der Waals surface area contributed by atoms with E-state index in [1.165, 1.54) is 6.07 Å². The first-order chi connectivity index (χ1) is 8.93. The topological polar surface area (TPSA) is 62.2 Å². The highest BCUT2D eigenvalue weighted by molar-refractivity contribution is 6.29. The van der Waals surface area contributed by atoms with Gasteiger partial charge in [0.05, 0.1) is 11.6 Å². The zero-order chi connectivity index (χ0) is 15.7. The molecule has 0 aliphatic carbocycles. The van der Waals surface area contributed by atoms with Crippen molar-refractivity contribution in [2.75, 3.05) is 0 Å². The van der Waals surface area contributed by atoms with E-state index < -0.39 is 11.6 Å².